The maximum Gasteiger partial charge on any atom is 0.135 e. The van der Waals surface area contributed by atoms with Crippen LogP contribution in [-0.2, 0) is 12.8 Å². The highest BCUT2D eigenvalue weighted by molar-refractivity contribution is 6.11. The molecule has 0 heterocycles. The Kier molecular flexibility index (Phi) is 9.22. The number of allylic oxidation sites excluding steroid dienone is 2. The lowest BCUT2D eigenvalue weighted by Crippen LogP contribution is -2.01. The van der Waals surface area contributed by atoms with Crippen LogP contribution < -0.4 is 9.47 Å². The molecule has 2 nitrogen and oxygen atoms in total. The second-order valence-corrected chi connectivity index (χ2v) is 8.27. The largest absolute Gasteiger partial charge is 0.488 e. The summed E-state index contributed by atoms with van der Waals surface area (Å²) in [6, 6.07) is 13.4. The molecule has 0 unspecified atom stereocenters. The molecule has 170 valence electrons. The van der Waals surface area contributed by atoms with Crippen molar-refractivity contribution in [1.29, 1.82) is 0 Å². The Morgan fingerprint density at radius 2 is 1.00 bits per heavy atom. The molecule has 0 aliphatic heterocycles. The van der Waals surface area contributed by atoms with Gasteiger partial charge in [0.2, 0.25) is 0 Å². The van der Waals surface area contributed by atoms with Crippen molar-refractivity contribution in [2.24, 2.45) is 0 Å². The normalized spacial score (nSPS) is 11.9. The molecular formula is C30H38O2. The Bertz CT molecular complexity index is 1010. The van der Waals surface area contributed by atoms with Gasteiger partial charge in [-0.3, -0.25) is 0 Å². The van der Waals surface area contributed by atoms with Gasteiger partial charge in [0.25, 0.3) is 0 Å². The van der Waals surface area contributed by atoms with E-state index in [0.717, 1.165) is 71.6 Å². The van der Waals surface area contributed by atoms with E-state index in [1.165, 1.54) is 11.1 Å². The second-order valence-electron chi connectivity index (χ2n) is 8.27. The molecule has 0 saturated heterocycles. The predicted octanol–water partition coefficient (Wildman–Crippen LogP) is 8.59. The van der Waals surface area contributed by atoms with Crippen LogP contribution in [0.2, 0.25) is 0 Å². The standard InChI is InChI=1S/C30H38O2/c1-5-9-11-13-19-31-29-25-17-15-23(7-3)21-27(25)30(32-20-14-12-10-6-2)28-22-24(8-4)16-18-26(28)29/h11-18,21-22H,5-10,19-20H2,1-4H3/b13-11+,14-12+. The number of unbranched alkanes of at least 4 members (excludes halogenated alkanes) is 2. The van der Waals surface area contributed by atoms with Gasteiger partial charge in [-0.15, -0.1) is 0 Å². The number of ether oxygens (including phenoxy) is 2. The van der Waals surface area contributed by atoms with Gasteiger partial charge in [0.1, 0.15) is 24.7 Å². The van der Waals surface area contributed by atoms with Crippen LogP contribution >= 0.6 is 0 Å². The molecule has 3 aromatic rings. The Morgan fingerprint density at radius 1 is 0.562 bits per heavy atom. The van der Waals surface area contributed by atoms with Crippen LogP contribution in [-0.4, -0.2) is 13.2 Å². The van der Waals surface area contributed by atoms with Crippen molar-refractivity contribution < 1.29 is 9.47 Å². The van der Waals surface area contributed by atoms with Crippen molar-refractivity contribution in [2.75, 3.05) is 13.2 Å². The first kappa shape index (κ1) is 23.9. The molecule has 3 aromatic carbocycles. The van der Waals surface area contributed by atoms with E-state index >= 15 is 0 Å². The first-order valence-electron chi connectivity index (χ1n) is 12.3. The number of aryl methyl sites for hydroxylation is 2. The van der Waals surface area contributed by atoms with Gasteiger partial charge in [-0.05, 0) is 48.9 Å². The minimum atomic E-state index is 0.579. The van der Waals surface area contributed by atoms with Gasteiger partial charge in [-0.1, -0.05) is 89.1 Å². The minimum Gasteiger partial charge on any atom is -0.488 e. The molecule has 0 aliphatic rings. The topological polar surface area (TPSA) is 18.5 Å². The highest BCUT2D eigenvalue weighted by Gasteiger charge is 2.17. The third-order valence-corrected chi connectivity index (χ3v) is 5.85. The van der Waals surface area contributed by atoms with Crippen LogP contribution in [0.25, 0.3) is 21.5 Å². The van der Waals surface area contributed by atoms with Crippen LogP contribution in [0.1, 0.15) is 64.5 Å². The maximum atomic E-state index is 6.43. The van der Waals surface area contributed by atoms with E-state index in [2.05, 4.69) is 88.4 Å². The lowest BCUT2D eigenvalue weighted by Gasteiger charge is -2.18. The van der Waals surface area contributed by atoms with Crippen LogP contribution in [0, 0.1) is 0 Å². The minimum absolute atomic E-state index is 0.579. The lowest BCUT2D eigenvalue weighted by molar-refractivity contribution is 0.365. The highest BCUT2D eigenvalue weighted by Crippen LogP contribution is 2.43. The summed E-state index contributed by atoms with van der Waals surface area (Å²) in [5.74, 6) is 1.92. The summed E-state index contributed by atoms with van der Waals surface area (Å²) >= 11 is 0. The van der Waals surface area contributed by atoms with Crippen LogP contribution in [0.15, 0.2) is 60.7 Å². The van der Waals surface area contributed by atoms with Gasteiger partial charge in [-0.25, -0.2) is 0 Å². The molecule has 0 aromatic heterocycles. The molecule has 0 radical (unpaired) electrons. The first-order chi connectivity index (χ1) is 15.7. The Balaban J connectivity index is 2.15. The number of hydrogen-bond acceptors (Lipinski definition) is 2. The van der Waals surface area contributed by atoms with Crippen molar-refractivity contribution in [3.05, 3.63) is 71.8 Å². The molecule has 0 atom stereocenters. The van der Waals surface area contributed by atoms with E-state index < -0.39 is 0 Å². The molecule has 2 heteroatoms. The van der Waals surface area contributed by atoms with E-state index in [-0.39, 0.29) is 0 Å². The smallest absolute Gasteiger partial charge is 0.135 e. The van der Waals surface area contributed by atoms with Crippen molar-refractivity contribution in [3.8, 4) is 11.5 Å². The zero-order chi connectivity index (χ0) is 22.8. The molecule has 0 spiro atoms. The van der Waals surface area contributed by atoms with Crippen LogP contribution in [0.5, 0.6) is 11.5 Å². The van der Waals surface area contributed by atoms with Gasteiger partial charge in [0, 0.05) is 21.5 Å². The molecule has 0 bridgehead atoms. The SMILES string of the molecule is CCC/C=C/COc1c2ccc(CC)cc2c(OC/C=C/CCC)c2cc(CC)ccc12. The number of rotatable bonds is 12. The molecule has 0 fully saturated rings. The number of hydrogen-bond donors (Lipinski definition) is 0. The van der Waals surface area contributed by atoms with Crippen LogP contribution in [0.3, 0.4) is 0 Å². The summed E-state index contributed by atoms with van der Waals surface area (Å²) in [7, 11) is 0. The van der Waals surface area contributed by atoms with Gasteiger partial charge < -0.3 is 9.47 Å². The molecule has 0 amide bonds. The summed E-state index contributed by atoms with van der Waals surface area (Å²) < 4.78 is 12.8. The number of benzene rings is 3. The fraction of sp³-hybridized carbons (Fsp3) is 0.400. The van der Waals surface area contributed by atoms with E-state index in [1.807, 2.05) is 0 Å². The monoisotopic (exact) mass is 430 g/mol. The molecule has 0 aliphatic carbocycles. The quantitative estimate of drug-likeness (QED) is 0.211. The molecule has 3 rings (SSSR count). The second kappa shape index (κ2) is 12.3. The fourth-order valence-electron chi connectivity index (χ4n) is 3.96. The third-order valence-electron chi connectivity index (χ3n) is 5.85. The third kappa shape index (κ3) is 5.73. The summed E-state index contributed by atoms with van der Waals surface area (Å²) in [5.41, 5.74) is 2.62. The zero-order valence-electron chi connectivity index (χ0n) is 20.2. The molecular weight excluding hydrogens is 392 g/mol. The predicted molar refractivity (Wildman–Crippen MR) is 139 cm³/mol. The van der Waals surface area contributed by atoms with E-state index in [9.17, 15) is 0 Å². The lowest BCUT2D eigenvalue weighted by atomic mass is 9.96. The van der Waals surface area contributed by atoms with Gasteiger partial charge in [-0.2, -0.15) is 0 Å². The van der Waals surface area contributed by atoms with Crippen LogP contribution in [0.4, 0.5) is 0 Å². The van der Waals surface area contributed by atoms with Gasteiger partial charge in [0.15, 0.2) is 0 Å². The zero-order valence-corrected chi connectivity index (χ0v) is 20.2. The fourth-order valence-corrected chi connectivity index (χ4v) is 3.96. The van der Waals surface area contributed by atoms with Crippen molar-refractivity contribution >= 4 is 21.5 Å². The van der Waals surface area contributed by atoms with E-state index in [1.54, 1.807) is 0 Å². The Morgan fingerprint density at radius 3 is 1.41 bits per heavy atom. The first-order valence-corrected chi connectivity index (χ1v) is 12.3. The number of fused-ring (bicyclic) bond motifs is 2. The average molecular weight is 431 g/mol. The Labute approximate surface area is 193 Å². The molecule has 32 heavy (non-hydrogen) atoms. The average Bonchev–Trinajstić information content (AvgIpc) is 2.83. The van der Waals surface area contributed by atoms with Gasteiger partial charge in [0.05, 0.1) is 0 Å². The highest BCUT2D eigenvalue weighted by atomic mass is 16.5. The van der Waals surface area contributed by atoms with Crippen molar-refractivity contribution in [3.63, 3.8) is 0 Å². The van der Waals surface area contributed by atoms with Crippen molar-refractivity contribution in [1.82, 2.24) is 0 Å². The molecule has 0 saturated carbocycles. The maximum absolute atomic E-state index is 6.43. The van der Waals surface area contributed by atoms with E-state index in [0.29, 0.717) is 13.2 Å². The molecule has 0 N–H and O–H groups in total. The van der Waals surface area contributed by atoms with Gasteiger partial charge >= 0.3 is 0 Å². The van der Waals surface area contributed by atoms with E-state index in [4.69, 9.17) is 9.47 Å². The summed E-state index contributed by atoms with van der Waals surface area (Å²) in [6.07, 6.45) is 15.1. The summed E-state index contributed by atoms with van der Waals surface area (Å²) in [5, 5.41) is 4.52. The van der Waals surface area contributed by atoms with Crippen molar-refractivity contribution in [2.45, 2.75) is 66.2 Å². The summed E-state index contributed by atoms with van der Waals surface area (Å²) in [6.45, 7) is 9.94. The summed E-state index contributed by atoms with van der Waals surface area (Å²) in [4.78, 5) is 0. The Hall–Kier alpha value is -2.74.